The minimum Gasteiger partial charge on any atom is -0.497 e. The van der Waals surface area contributed by atoms with Gasteiger partial charge in [-0.2, -0.15) is 15.0 Å². The largest absolute Gasteiger partial charge is 0.497 e. The summed E-state index contributed by atoms with van der Waals surface area (Å²) in [6, 6.07) is 53.9. The van der Waals surface area contributed by atoms with E-state index in [0.29, 0.717) is 11.5 Å². The molecule has 111 heavy (non-hydrogen) atoms. The van der Waals surface area contributed by atoms with Crippen LogP contribution >= 0.6 is 22.6 Å². The molecule has 3 saturated heterocycles. The summed E-state index contributed by atoms with van der Waals surface area (Å²) >= 11 is 1.91. The highest BCUT2D eigenvalue weighted by Crippen LogP contribution is 2.46. The summed E-state index contributed by atoms with van der Waals surface area (Å²) in [6.07, 6.45) is -10.0. The van der Waals surface area contributed by atoms with Gasteiger partial charge in [-0.15, -0.1) is 0 Å². The maximum Gasteiger partial charge on any atom is 0.280 e. The van der Waals surface area contributed by atoms with Gasteiger partial charge >= 0.3 is 0 Å². The lowest BCUT2D eigenvalue weighted by Gasteiger charge is -2.37. The summed E-state index contributed by atoms with van der Waals surface area (Å²) in [5, 5.41) is 99.9. The number of azide groups is 3. The molecule has 3 aliphatic heterocycles. The number of nitrogens with zero attached hydrogens (tertiary/aromatic N) is 18. The molecular weight excluding hydrogens is 1560 g/mol. The maximum absolute atomic E-state index is 13.4. The number of halogens is 1. The van der Waals surface area contributed by atoms with Crippen molar-refractivity contribution in [2.24, 2.45) is 15.3 Å². The van der Waals surface area contributed by atoms with Crippen molar-refractivity contribution >= 4 is 73.9 Å². The Hall–Kier alpha value is -12.4. The molecule has 6 aromatic carbocycles. The highest BCUT2D eigenvalue weighted by molar-refractivity contribution is 14.1. The third kappa shape index (κ3) is 13.8. The summed E-state index contributed by atoms with van der Waals surface area (Å²) in [4.78, 5) is 79.8. The molecule has 12 atom stereocenters. The first-order valence-corrected chi connectivity index (χ1v) is 35.0. The Labute approximate surface area is 637 Å². The predicted molar refractivity (Wildman–Crippen MR) is 403 cm³/mol. The molecule has 6 aromatic heterocycles. The summed E-state index contributed by atoms with van der Waals surface area (Å²) in [5.74, 6) is 1.33. The predicted octanol–water partition coefficient (Wildman–Crippen LogP) is 4.96. The lowest BCUT2D eigenvalue weighted by atomic mass is 9.77. The van der Waals surface area contributed by atoms with Crippen LogP contribution in [0.4, 0.5) is 17.8 Å². The molecule has 12 aromatic rings. The van der Waals surface area contributed by atoms with Crippen molar-refractivity contribution in [3.05, 3.63) is 285 Å². The molecule has 3 fully saturated rings. The van der Waals surface area contributed by atoms with Gasteiger partial charge in [-0.05, 0) is 74.2 Å². The van der Waals surface area contributed by atoms with Gasteiger partial charge in [0, 0.05) is 19.2 Å². The van der Waals surface area contributed by atoms with Gasteiger partial charge in [-0.1, -0.05) is 184 Å². The Morgan fingerprint density at radius 2 is 0.766 bits per heavy atom. The summed E-state index contributed by atoms with van der Waals surface area (Å²) in [6.45, 7) is -1.77. The normalized spacial score (nSPS) is 23.4. The van der Waals surface area contributed by atoms with Crippen molar-refractivity contribution < 1.29 is 64.5 Å². The number of nitrogen functional groups attached to an aromatic ring is 1. The number of hydrogen-bond acceptors (Lipinski definition) is 28. The highest BCUT2D eigenvalue weighted by atomic mass is 127. The van der Waals surface area contributed by atoms with Crippen LogP contribution in [0.2, 0.25) is 0 Å². The molecule has 0 amide bonds. The number of alkyl halides is 1. The Balaban J connectivity index is 0.000000153. The van der Waals surface area contributed by atoms with E-state index in [4.69, 9.17) is 51.0 Å². The highest BCUT2D eigenvalue weighted by Gasteiger charge is 2.58. The van der Waals surface area contributed by atoms with Gasteiger partial charge in [-0.3, -0.25) is 43.0 Å². The van der Waals surface area contributed by atoms with Crippen LogP contribution in [-0.4, -0.2) is 185 Å². The number of aromatic nitrogens is 12. The fourth-order valence-corrected chi connectivity index (χ4v) is 14.4. The summed E-state index contributed by atoms with van der Waals surface area (Å²) in [7, 11) is 3.19. The van der Waals surface area contributed by atoms with Gasteiger partial charge in [0.15, 0.2) is 57.9 Å². The average Bonchev–Trinajstić information content (AvgIpc) is 1.74. The number of imidazole rings is 3. The van der Waals surface area contributed by atoms with E-state index in [1.54, 1.807) is 14.2 Å². The first-order valence-electron chi connectivity index (χ1n) is 33.5. The zero-order valence-electron chi connectivity index (χ0n) is 58.1. The van der Waals surface area contributed by atoms with Crippen LogP contribution in [0.3, 0.4) is 0 Å². The molecule has 9 heterocycles. The quantitative estimate of drug-likeness (QED) is 0.0113. The van der Waals surface area contributed by atoms with E-state index in [9.17, 15) is 55.2 Å². The third-order valence-corrected chi connectivity index (χ3v) is 20.2. The van der Waals surface area contributed by atoms with E-state index in [1.165, 1.54) is 21.8 Å². The van der Waals surface area contributed by atoms with Gasteiger partial charge in [0.1, 0.15) is 59.2 Å². The van der Waals surface area contributed by atoms with Crippen LogP contribution < -0.4 is 42.5 Å². The van der Waals surface area contributed by atoms with Crippen LogP contribution in [-0.2, 0) is 25.3 Å². The third-order valence-electron chi connectivity index (χ3n) is 19.1. The molecule has 40 nitrogen and oxygen atoms in total. The Kier molecular flexibility index (Phi) is 21.9. The van der Waals surface area contributed by atoms with Gasteiger partial charge in [0.05, 0.1) is 46.4 Å². The molecule has 570 valence electrons. The molecule has 0 spiro atoms. The minimum absolute atomic E-state index is 0.00261. The number of aliphatic hydroxyl groups is 8. The molecule has 0 aliphatic carbocycles. The fraction of sp³-hybridized carbons (Fsp3) is 0.271. The second-order valence-electron chi connectivity index (χ2n) is 25.3. The van der Waals surface area contributed by atoms with E-state index < -0.39 is 113 Å². The van der Waals surface area contributed by atoms with E-state index in [2.05, 4.69) is 80.6 Å². The lowest BCUT2D eigenvalue weighted by Crippen LogP contribution is -2.44. The number of hydrogen-bond donors (Lipinski definition) is 14. The van der Waals surface area contributed by atoms with Gasteiger partial charge in [0.2, 0.25) is 29.3 Å². The zero-order chi connectivity index (χ0) is 78.6. The number of H-pyrrole nitrogens is 3. The van der Waals surface area contributed by atoms with Crippen molar-refractivity contribution in [2.45, 2.75) is 83.6 Å². The van der Waals surface area contributed by atoms with E-state index in [0.717, 1.165) is 44.3 Å². The molecule has 0 bridgehead atoms. The van der Waals surface area contributed by atoms with Crippen molar-refractivity contribution in [1.82, 2.24) is 58.6 Å². The molecule has 0 saturated carbocycles. The number of nitrogens with one attached hydrogen (secondary N) is 5. The van der Waals surface area contributed by atoms with Crippen molar-refractivity contribution in [1.29, 1.82) is 0 Å². The van der Waals surface area contributed by atoms with E-state index in [-0.39, 0.29) is 55.8 Å². The Morgan fingerprint density at radius 1 is 0.477 bits per heavy atom. The molecule has 15 rings (SSSR count). The first kappa shape index (κ1) is 76.8. The zero-order valence-corrected chi connectivity index (χ0v) is 60.2. The monoisotopic (exact) mass is 1630 g/mol. The van der Waals surface area contributed by atoms with Gasteiger partial charge in [0.25, 0.3) is 16.7 Å². The second kappa shape index (κ2) is 31.7. The van der Waals surface area contributed by atoms with Crippen LogP contribution in [0.15, 0.2) is 219 Å². The standard InChI is InChI=1S/C30H27IN8O5.C30H28N8O6.C10H12N8O5/c1-43-21-14-12-20(13-15-21)30(18-8-4-2-5-9-18,19-10-6-3-7-11-19)36-28-34-25-22(26(42)35-28)33-17-39(25)27-23(40)24(41)29(16-31,44-27)37-38-32;1-43-21-14-12-20(13-15-21)30(18-8-4-2-5-9-18,19-10-6-3-7-11-19)35-28-33-25-22(26(42)34-28)32-17-38(25)27-23(40)24(41)29(16-39,44-27)36-37-31;11-9-14-6-3(7(22)15-9)13-2-18(6)8-4(20)5(21)10(1-19,23-8)16-17-12/h2-15,17,23-24,27,40-41H,16H2,1H3,(H2,34,35,36,42);2-15,17,23-24,27,39-41H,16H2,1H3,(H2,33,34,35,42);2,4-5,8,19-21H,1H2,(H3,11,14,15,22)/t2*23-,24-,27+,29+;4-,5-,8+,10+/m000/s1. The number of anilines is 3. The number of fused-ring (bicyclic) bond motifs is 3. The number of aromatic amines is 3. The van der Waals surface area contributed by atoms with Crippen LogP contribution in [0.5, 0.6) is 11.5 Å². The number of nitrogens with two attached hydrogens (primary N) is 1. The SMILES string of the molecule is COc1ccc(C(Nc2nc3c(ncn3[C@@H]3O[C@@](CI)(N=[N+]=[N-])[C@@H](O)[C@@H]3O)c(=O)[nH]2)(c2ccccc2)c2ccccc2)cc1.COc1ccc(C(Nc2nc3c(ncn3[C@@H]3O[C@@](CO)(N=[N+]=[N-])[C@@H](O)[C@@H]3O)c(=O)[nH]2)(c2ccccc2)c2ccccc2)cc1.[N-]=[N+]=N[C@]1(CO)O[C@@H](n2cnc3c(=O)[nH]c(N)nc32)[C@@H](O)[C@@H]1O. The molecule has 41 heteroatoms. The topological polar surface area (TPSA) is 595 Å². The van der Waals surface area contributed by atoms with Gasteiger partial charge in [-0.25, -0.2) is 15.0 Å². The fourth-order valence-electron chi connectivity index (χ4n) is 13.6. The van der Waals surface area contributed by atoms with Crippen molar-refractivity contribution in [2.75, 3.05) is 48.2 Å². The molecule has 0 radical (unpaired) electrons. The average molecular weight is 1630 g/mol. The van der Waals surface area contributed by atoms with Crippen LogP contribution in [0.1, 0.15) is 52.1 Å². The first-order chi connectivity index (χ1) is 53.7. The molecule has 3 aliphatic rings. The second-order valence-corrected chi connectivity index (χ2v) is 26.1. The number of benzene rings is 6. The number of rotatable bonds is 21. The smallest absolute Gasteiger partial charge is 0.280 e. The lowest BCUT2D eigenvalue weighted by molar-refractivity contribution is -0.123. The van der Waals surface area contributed by atoms with Gasteiger partial charge < -0.3 is 80.9 Å². The molecular formula is C70H67IN24O16. The number of methoxy groups -OCH3 is 2. The number of ether oxygens (including phenoxy) is 5. The van der Waals surface area contributed by atoms with Crippen LogP contribution in [0, 0.1) is 0 Å². The summed E-state index contributed by atoms with van der Waals surface area (Å²) < 4.78 is 31.6. The van der Waals surface area contributed by atoms with Crippen LogP contribution in [0.25, 0.3) is 64.8 Å². The molecule has 0 unspecified atom stereocenters. The Bertz CT molecular complexity index is 5320. The Morgan fingerprint density at radius 3 is 1.07 bits per heavy atom. The van der Waals surface area contributed by atoms with E-state index >= 15 is 0 Å². The van der Waals surface area contributed by atoms with Crippen molar-refractivity contribution in [3.8, 4) is 11.5 Å². The minimum atomic E-state index is -2.15. The van der Waals surface area contributed by atoms with E-state index in [1.807, 2.05) is 192 Å². The molecule has 15 N–H and O–H groups in total. The van der Waals surface area contributed by atoms with Crippen molar-refractivity contribution in [3.63, 3.8) is 0 Å². The summed E-state index contributed by atoms with van der Waals surface area (Å²) in [5.41, 5.74) is 27.4. The number of aliphatic hydroxyl groups excluding tert-OH is 8. The maximum atomic E-state index is 13.4.